The fourth-order valence-corrected chi connectivity index (χ4v) is 3.84. The molecular formula is C23H21FN6O. The Morgan fingerprint density at radius 3 is 2.71 bits per heavy atom. The monoisotopic (exact) mass is 416 g/mol. The third-order valence-electron chi connectivity index (χ3n) is 5.40. The number of hydrogen-bond acceptors (Lipinski definition) is 7. The van der Waals surface area contributed by atoms with E-state index in [1.54, 1.807) is 24.5 Å². The molecule has 0 N–H and O–H groups in total. The maximum Gasteiger partial charge on any atom is 0.231 e. The van der Waals surface area contributed by atoms with E-state index in [0.29, 0.717) is 17.5 Å². The second-order valence-corrected chi connectivity index (χ2v) is 7.68. The molecule has 1 saturated heterocycles. The number of rotatable bonds is 4. The average molecular weight is 416 g/mol. The fourth-order valence-electron chi connectivity index (χ4n) is 3.84. The molecule has 1 atom stereocenters. The van der Waals surface area contributed by atoms with E-state index in [1.165, 1.54) is 12.1 Å². The zero-order valence-electron chi connectivity index (χ0n) is 17.1. The van der Waals surface area contributed by atoms with Gasteiger partial charge >= 0.3 is 0 Å². The maximum absolute atomic E-state index is 13.2. The first-order chi connectivity index (χ1) is 15.2. The van der Waals surface area contributed by atoms with Crippen LogP contribution in [0.15, 0.2) is 59.4 Å². The van der Waals surface area contributed by atoms with Gasteiger partial charge < -0.3 is 9.42 Å². The van der Waals surface area contributed by atoms with Crippen LogP contribution in [0.3, 0.4) is 0 Å². The predicted molar refractivity (Wildman–Crippen MR) is 114 cm³/mol. The summed E-state index contributed by atoms with van der Waals surface area (Å²) in [6, 6.07) is 11.9. The number of anilines is 1. The zero-order valence-corrected chi connectivity index (χ0v) is 17.1. The van der Waals surface area contributed by atoms with Gasteiger partial charge in [0.2, 0.25) is 11.7 Å². The number of aryl methyl sites for hydroxylation is 1. The van der Waals surface area contributed by atoms with E-state index in [-0.39, 0.29) is 11.7 Å². The second kappa shape index (κ2) is 8.22. The highest BCUT2D eigenvalue weighted by Crippen LogP contribution is 2.30. The molecule has 8 heteroatoms. The molecule has 0 saturated carbocycles. The largest absolute Gasteiger partial charge is 0.356 e. The van der Waals surface area contributed by atoms with Crippen molar-refractivity contribution in [3.63, 3.8) is 0 Å². The number of aromatic nitrogens is 5. The molecule has 1 fully saturated rings. The van der Waals surface area contributed by atoms with Crippen molar-refractivity contribution in [1.29, 1.82) is 0 Å². The molecule has 4 aromatic rings. The molecule has 1 aliphatic heterocycles. The number of pyridine rings is 1. The van der Waals surface area contributed by atoms with Gasteiger partial charge in [-0.2, -0.15) is 4.98 Å². The highest BCUT2D eigenvalue weighted by molar-refractivity contribution is 5.57. The van der Waals surface area contributed by atoms with E-state index in [4.69, 9.17) is 9.51 Å². The standard InChI is InChI=1S/C23H21FN6O/c1-15-12-20(27-21(26-15)17-4-2-10-25-13-17)30-11-3-5-18(14-30)23-28-22(29-31-23)16-6-8-19(24)9-7-16/h2,4,6-10,12-13,18H,3,5,11,14H2,1H3/t18-/m1/s1. The lowest BCUT2D eigenvalue weighted by molar-refractivity contribution is 0.333. The second-order valence-electron chi connectivity index (χ2n) is 7.68. The van der Waals surface area contributed by atoms with Crippen LogP contribution in [-0.4, -0.2) is 38.2 Å². The molecular weight excluding hydrogens is 395 g/mol. The lowest BCUT2D eigenvalue weighted by atomic mass is 9.98. The Morgan fingerprint density at radius 1 is 1.03 bits per heavy atom. The Balaban J connectivity index is 1.38. The topological polar surface area (TPSA) is 80.8 Å². The van der Waals surface area contributed by atoms with E-state index in [2.05, 4.69) is 25.0 Å². The predicted octanol–water partition coefficient (Wildman–Crippen LogP) is 4.42. The first-order valence-electron chi connectivity index (χ1n) is 10.3. The zero-order chi connectivity index (χ0) is 21.2. The molecule has 4 heterocycles. The Hall–Kier alpha value is -3.68. The first kappa shape index (κ1) is 19.3. The van der Waals surface area contributed by atoms with E-state index >= 15 is 0 Å². The van der Waals surface area contributed by atoms with Crippen LogP contribution in [0.2, 0.25) is 0 Å². The highest BCUT2D eigenvalue weighted by Gasteiger charge is 2.27. The van der Waals surface area contributed by atoms with Gasteiger partial charge in [-0.15, -0.1) is 0 Å². The summed E-state index contributed by atoms with van der Waals surface area (Å²) < 4.78 is 18.8. The van der Waals surface area contributed by atoms with Gasteiger partial charge in [0.15, 0.2) is 5.82 Å². The number of nitrogens with zero attached hydrogens (tertiary/aromatic N) is 6. The summed E-state index contributed by atoms with van der Waals surface area (Å²) in [7, 11) is 0. The summed E-state index contributed by atoms with van der Waals surface area (Å²) in [4.78, 5) is 20.4. The molecule has 0 bridgehead atoms. The van der Waals surface area contributed by atoms with Crippen molar-refractivity contribution in [2.24, 2.45) is 0 Å². The minimum absolute atomic E-state index is 0.104. The van der Waals surface area contributed by atoms with Gasteiger partial charge in [0.1, 0.15) is 11.6 Å². The van der Waals surface area contributed by atoms with Crippen molar-refractivity contribution in [2.45, 2.75) is 25.7 Å². The summed E-state index contributed by atoms with van der Waals surface area (Å²) >= 11 is 0. The van der Waals surface area contributed by atoms with Gasteiger partial charge in [-0.3, -0.25) is 4.98 Å². The normalized spacial score (nSPS) is 16.5. The van der Waals surface area contributed by atoms with E-state index in [9.17, 15) is 4.39 Å². The lowest BCUT2D eigenvalue weighted by Gasteiger charge is -2.32. The van der Waals surface area contributed by atoms with Crippen LogP contribution in [0.5, 0.6) is 0 Å². The summed E-state index contributed by atoms with van der Waals surface area (Å²) in [6.45, 7) is 3.60. The van der Waals surface area contributed by atoms with E-state index < -0.39 is 0 Å². The van der Waals surface area contributed by atoms with Crippen LogP contribution in [-0.2, 0) is 0 Å². The van der Waals surface area contributed by atoms with Gasteiger partial charge in [0.05, 0.1) is 5.92 Å². The third-order valence-corrected chi connectivity index (χ3v) is 5.40. The minimum Gasteiger partial charge on any atom is -0.356 e. The van der Waals surface area contributed by atoms with Gasteiger partial charge in [0.25, 0.3) is 0 Å². The Labute approximate surface area is 179 Å². The summed E-state index contributed by atoms with van der Waals surface area (Å²) in [5.41, 5.74) is 2.53. The van der Waals surface area contributed by atoms with Crippen molar-refractivity contribution in [2.75, 3.05) is 18.0 Å². The van der Waals surface area contributed by atoms with Crippen molar-refractivity contribution in [3.05, 3.63) is 72.3 Å². The van der Waals surface area contributed by atoms with Gasteiger partial charge in [-0.05, 0) is 56.2 Å². The Bertz CT molecular complexity index is 1180. The third kappa shape index (κ3) is 4.14. The quantitative estimate of drug-likeness (QED) is 0.487. The van der Waals surface area contributed by atoms with Crippen molar-refractivity contribution in [1.82, 2.24) is 25.1 Å². The molecule has 1 aliphatic rings. The molecule has 156 valence electrons. The maximum atomic E-state index is 13.2. The molecule has 5 rings (SSSR count). The number of piperidine rings is 1. The van der Waals surface area contributed by atoms with Crippen molar-refractivity contribution >= 4 is 5.82 Å². The summed E-state index contributed by atoms with van der Waals surface area (Å²) in [5.74, 6) is 2.44. The lowest BCUT2D eigenvalue weighted by Crippen LogP contribution is -2.35. The molecule has 31 heavy (non-hydrogen) atoms. The van der Waals surface area contributed by atoms with E-state index in [1.807, 2.05) is 25.1 Å². The van der Waals surface area contributed by atoms with Crippen LogP contribution in [0, 0.1) is 12.7 Å². The summed E-state index contributed by atoms with van der Waals surface area (Å²) in [5, 5.41) is 4.10. The van der Waals surface area contributed by atoms with Crippen molar-refractivity contribution < 1.29 is 8.91 Å². The van der Waals surface area contributed by atoms with Crippen LogP contribution >= 0.6 is 0 Å². The molecule has 0 spiro atoms. The molecule has 3 aromatic heterocycles. The number of hydrogen-bond donors (Lipinski definition) is 0. The number of halogens is 1. The minimum atomic E-state index is -0.291. The van der Waals surface area contributed by atoms with Gasteiger partial charge in [-0.25, -0.2) is 14.4 Å². The molecule has 7 nitrogen and oxygen atoms in total. The molecule has 0 unspecified atom stereocenters. The van der Waals surface area contributed by atoms with Crippen LogP contribution in [0.1, 0.15) is 30.3 Å². The van der Waals surface area contributed by atoms with Crippen molar-refractivity contribution in [3.8, 4) is 22.8 Å². The van der Waals surface area contributed by atoms with E-state index in [0.717, 1.165) is 48.6 Å². The smallest absolute Gasteiger partial charge is 0.231 e. The van der Waals surface area contributed by atoms with Crippen LogP contribution in [0.25, 0.3) is 22.8 Å². The van der Waals surface area contributed by atoms with Crippen LogP contribution in [0.4, 0.5) is 10.2 Å². The molecule has 0 radical (unpaired) electrons. The summed E-state index contributed by atoms with van der Waals surface area (Å²) in [6.07, 6.45) is 5.46. The average Bonchev–Trinajstić information content (AvgIpc) is 3.30. The van der Waals surface area contributed by atoms with Gasteiger partial charge in [-0.1, -0.05) is 5.16 Å². The highest BCUT2D eigenvalue weighted by atomic mass is 19.1. The number of benzene rings is 1. The van der Waals surface area contributed by atoms with Gasteiger partial charge in [0, 0.05) is 48.4 Å². The molecule has 0 aliphatic carbocycles. The SMILES string of the molecule is Cc1cc(N2CCC[C@@H](c3nc(-c4ccc(F)cc4)no3)C2)nc(-c2cccnc2)n1. The molecule has 1 aromatic carbocycles. The first-order valence-corrected chi connectivity index (χ1v) is 10.3. The fraction of sp³-hybridized carbons (Fsp3) is 0.261. The van der Waals surface area contributed by atoms with Crippen LogP contribution < -0.4 is 4.90 Å². The Morgan fingerprint density at radius 2 is 1.90 bits per heavy atom. The Kier molecular flexibility index (Phi) is 5.11. The molecule has 0 amide bonds.